The van der Waals surface area contributed by atoms with E-state index in [0.29, 0.717) is 12.6 Å². The minimum Gasteiger partial charge on any atom is -0.317 e. The van der Waals surface area contributed by atoms with Gasteiger partial charge >= 0.3 is 0 Å². The van der Waals surface area contributed by atoms with Crippen molar-refractivity contribution in [3.63, 3.8) is 0 Å². The van der Waals surface area contributed by atoms with Crippen molar-refractivity contribution in [1.29, 1.82) is 0 Å². The molecule has 114 valence electrons. The Morgan fingerprint density at radius 3 is 2.21 bits per heavy atom. The summed E-state index contributed by atoms with van der Waals surface area (Å²) in [7, 11) is -3.01. The molecule has 5 heteroatoms. The third-order valence-corrected chi connectivity index (χ3v) is 6.50. The third-order valence-electron chi connectivity index (χ3n) is 3.92. The predicted molar refractivity (Wildman–Crippen MR) is 81.3 cm³/mol. The smallest absolute Gasteiger partial charge is 0.156 e. The number of piperidine rings is 1. The molecule has 1 fully saturated rings. The molecule has 0 aromatic heterocycles. The maximum absolute atomic E-state index is 12.2. The topological polar surface area (TPSA) is 49.4 Å². The van der Waals surface area contributed by atoms with Crippen LogP contribution < -0.4 is 5.32 Å². The molecule has 0 aromatic carbocycles. The Bertz CT molecular complexity index is 354. The van der Waals surface area contributed by atoms with E-state index in [-0.39, 0.29) is 5.75 Å². The average molecular weight is 290 g/mol. The summed E-state index contributed by atoms with van der Waals surface area (Å²) in [5, 5.41) is 3.36. The van der Waals surface area contributed by atoms with Crippen LogP contribution in [0.5, 0.6) is 0 Å². The van der Waals surface area contributed by atoms with Crippen LogP contribution in [0.25, 0.3) is 0 Å². The van der Waals surface area contributed by atoms with Crippen molar-refractivity contribution in [3.8, 4) is 0 Å². The van der Waals surface area contributed by atoms with Crippen molar-refractivity contribution in [3.05, 3.63) is 0 Å². The second kappa shape index (κ2) is 7.04. The first-order valence-corrected chi connectivity index (χ1v) is 9.10. The van der Waals surface area contributed by atoms with Crippen molar-refractivity contribution < 1.29 is 8.42 Å². The summed E-state index contributed by atoms with van der Waals surface area (Å²) < 4.78 is 23.8. The Kier molecular flexibility index (Phi) is 6.27. The number of hydrogen-bond acceptors (Lipinski definition) is 4. The zero-order valence-corrected chi connectivity index (χ0v) is 13.7. The van der Waals surface area contributed by atoms with Crippen LogP contribution in [-0.2, 0) is 9.84 Å². The van der Waals surface area contributed by atoms with Gasteiger partial charge in [-0.25, -0.2) is 8.42 Å². The van der Waals surface area contributed by atoms with Crippen LogP contribution in [-0.4, -0.2) is 56.0 Å². The second-order valence-corrected chi connectivity index (χ2v) is 9.31. The van der Waals surface area contributed by atoms with Gasteiger partial charge in [0.25, 0.3) is 0 Å². The molecule has 19 heavy (non-hydrogen) atoms. The van der Waals surface area contributed by atoms with Crippen molar-refractivity contribution in [1.82, 2.24) is 10.2 Å². The summed E-state index contributed by atoms with van der Waals surface area (Å²) in [6, 6.07) is 0.552. The van der Waals surface area contributed by atoms with Gasteiger partial charge in [-0.05, 0) is 59.7 Å². The van der Waals surface area contributed by atoms with E-state index in [1.54, 1.807) is 20.8 Å². The number of rotatable bonds is 6. The van der Waals surface area contributed by atoms with Crippen molar-refractivity contribution >= 4 is 9.84 Å². The summed E-state index contributed by atoms with van der Waals surface area (Å²) in [5.74, 6) is 0.278. The quantitative estimate of drug-likeness (QED) is 0.808. The predicted octanol–water partition coefficient (Wildman–Crippen LogP) is 1.66. The van der Waals surface area contributed by atoms with Crippen molar-refractivity contribution in [2.24, 2.45) is 0 Å². The standard InChI is InChI=1S/C14H30N2O2S/c1-5-10-16(13-6-8-15-9-7-13)11-12-19(17,18)14(2,3)4/h13,15H,5-12H2,1-4H3. The van der Waals surface area contributed by atoms with E-state index in [1.807, 2.05) is 0 Å². The van der Waals surface area contributed by atoms with Gasteiger partial charge in [0, 0.05) is 12.6 Å². The Morgan fingerprint density at radius 2 is 1.74 bits per heavy atom. The molecule has 1 aliphatic heterocycles. The molecule has 1 heterocycles. The summed E-state index contributed by atoms with van der Waals surface area (Å²) in [6.07, 6.45) is 3.35. The molecule has 0 radical (unpaired) electrons. The largest absolute Gasteiger partial charge is 0.317 e. The first-order chi connectivity index (χ1) is 8.78. The molecule has 1 N–H and O–H groups in total. The minimum absolute atomic E-state index is 0.278. The molecule has 1 aliphatic rings. The van der Waals surface area contributed by atoms with Crippen LogP contribution in [0.3, 0.4) is 0 Å². The van der Waals surface area contributed by atoms with Gasteiger partial charge in [0.05, 0.1) is 10.5 Å². The van der Waals surface area contributed by atoms with E-state index in [9.17, 15) is 8.42 Å². The normalized spacial score (nSPS) is 19.0. The molecule has 0 amide bonds. The fourth-order valence-electron chi connectivity index (χ4n) is 2.48. The highest BCUT2D eigenvalue weighted by atomic mass is 32.2. The maximum Gasteiger partial charge on any atom is 0.156 e. The lowest BCUT2D eigenvalue weighted by Crippen LogP contribution is -2.46. The first-order valence-electron chi connectivity index (χ1n) is 7.45. The van der Waals surface area contributed by atoms with Gasteiger partial charge in [-0.1, -0.05) is 6.92 Å². The van der Waals surface area contributed by atoms with Gasteiger partial charge in [0.2, 0.25) is 0 Å². The Morgan fingerprint density at radius 1 is 1.16 bits per heavy atom. The number of nitrogens with one attached hydrogen (secondary N) is 1. The van der Waals surface area contributed by atoms with E-state index in [2.05, 4.69) is 17.1 Å². The highest BCUT2D eigenvalue weighted by Crippen LogP contribution is 2.18. The number of nitrogens with zero attached hydrogens (tertiary/aromatic N) is 1. The van der Waals surface area contributed by atoms with Crippen LogP contribution in [0, 0.1) is 0 Å². The molecular formula is C14H30N2O2S. The van der Waals surface area contributed by atoms with E-state index in [1.165, 1.54) is 0 Å². The Balaban J connectivity index is 2.59. The Hall–Kier alpha value is -0.130. The van der Waals surface area contributed by atoms with Crippen LogP contribution in [0.1, 0.15) is 47.0 Å². The monoisotopic (exact) mass is 290 g/mol. The minimum atomic E-state index is -3.01. The zero-order valence-electron chi connectivity index (χ0n) is 12.9. The van der Waals surface area contributed by atoms with Crippen LogP contribution in [0.4, 0.5) is 0 Å². The van der Waals surface area contributed by atoms with Gasteiger partial charge in [-0.2, -0.15) is 0 Å². The second-order valence-electron chi connectivity index (χ2n) is 6.45. The van der Waals surface area contributed by atoms with E-state index >= 15 is 0 Å². The maximum atomic E-state index is 12.2. The summed E-state index contributed by atoms with van der Waals surface area (Å²) in [6.45, 7) is 11.3. The lowest BCUT2D eigenvalue weighted by Gasteiger charge is -2.35. The fourth-order valence-corrected chi connectivity index (χ4v) is 3.57. The van der Waals surface area contributed by atoms with Gasteiger partial charge < -0.3 is 5.32 Å². The molecule has 1 rings (SSSR count). The molecule has 0 aromatic rings. The lowest BCUT2D eigenvalue weighted by molar-refractivity contribution is 0.171. The number of hydrogen-bond donors (Lipinski definition) is 1. The van der Waals surface area contributed by atoms with E-state index < -0.39 is 14.6 Å². The van der Waals surface area contributed by atoms with Crippen molar-refractivity contribution in [2.75, 3.05) is 31.9 Å². The molecule has 1 saturated heterocycles. The lowest BCUT2D eigenvalue weighted by atomic mass is 10.0. The fraction of sp³-hybridized carbons (Fsp3) is 1.00. The first kappa shape index (κ1) is 16.9. The van der Waals surface area contributed by atoms with Gasteiger partial charge in [-0.3, -0.25) is 4.90 Å². The van der Waals surface area contributed by atoms with Crippen LogP contribution >= 0.6 is 0 Å². The van der Waals surface area contributed by atoms with Crippen LogP contribution in [0.15, 0.2) is 0 Å². The molecule has 0 atom stereocenters. The van der Waals surface area contributed by atoms with Gasteiger partial charge in [-0.15, -0.1) is 0 Å². The summed E-state index contributed by atoms with van der Waals surface area (Å²) in [4.78, 5) is 2.38. The van der Waals surface area contributed by atoms with Gasteiger partial charge in [0.1, 0.15) is 0 Å². The van der Waals surface area contributed by atoms with Crippen LogP contribution in [0.2, 0.25) is 0 Å². The van der Waals surface area contributed by atoms with Crippen molar-refractivity contribution in [2.45, 2.75) is 57.7 Å². The zero-order chi connectivity index (χ0) is 14.5. The third kappa shape index (κ3) is 5.04. The van der Waals surface area contributed by atoms with Gasteiger partial charge in [0.15, 0.2) is 9.84 Å². The molecule has 4 nitrogen and oxygen atoms in total. The summed E-state index contributed by atoms with van der Waals surface area (Å²) in [5.41, 5.74) is 0. The highest BCUT2D eigenvalue weighted by Gasteiger charge is 2.30. The highest BCUT2D eigenvalue weighted by molar-refractivity contribution is 7.92. The molecular weight excluding hydrogens is 260 g/mol. The molecule has 0 unspecified atom stereocenters. The SMILES string of the molecule is CCCN(CCS(=O)(=O)C(C)(C)C)C1CCNCC1. The summed E-state index contributed by atoms with van der Waals surface area (Å²) >= 11 is 0. The molecule has 0 bridgehead atoms. The average Bonchev–Trinajstić information content (AvgIpc) is 2.34. The van der Waals surface area contributed by atoms with E-state index in [0.717, 1.165) is 38.9 Å². The molecule has 0 aliphatic carbocycles. The molecule has 0 spiro atoms. The number of sulfone groups is 1. The Labute approximate surface area is 118 Å². The molecule has 0 saturated carbocycles. The van der Waals surface area contributed by atoms with E-state index in [4.69, 9.17) is 0 Å².